The van der Waals surface area contributed by atoms with Crippen LogP contribution in [-0.4, -0.2) is 17.8 Å². The number of alkyl halides is 3. The van der Waals surface area contributed by atoms with E-state index in [1.54, 1.807) is 4.90 Å². The molecule has 1 unspecified atom stereocenters. The third-order valence-electron chi connectivity index (χ3n) is 3.95. The summed E-state index contributed by atoms with van der Waals surface area (Å²) in [6, 6.07) is 6.15. The summed E-state index contributed by atoms with van der Waals surface area (Å²) in [5, 5.41) is 12.0. The summed E-state index contributed by atoms with van der Waals surface area (Å²) in [5.41, 5.74) is -0.345. The Hall–Kier alpha value is -2.44. The second-order valence-electron chi connectivity index (χ2n) is 5.63. The highest BCUT2D eigenvalue weighted by Crippen LogP contribution is 2.35. The summed E-state index contributed by atoms with van der Waals surface area (Å²) in [4.78, 5) is 5.74. The van der Waals surface area contributed by atoms with Crippen molar-refractivity contribution in [3.8, 4) is 11.5 Å². The van der Waals surface area contributed by atoms with Crippen molar-refractivity contribution in [1.29, 1.82) is 0 Å². The van der Waals surface area contributed by atoms with Gasteiger partial charge in [-0.05, 0) is 31.0 Å². The van der Waals surface area contributed by atoms with E-state index in [0.29, 0.717) is 18.7 Å². The van der Waals surface area contributed by atoms with Gasteiger partial charge in [-0.15, -0.1) is 0 Å². The number of rotatable bonds is 3. The van der Waals surface area contributed by atoms with E-state index in [2.05, 4.69) is 4.98 Å². The van der Waals surface area contributed by atoms with E-state index < -0.39 is 18.0 Å². The number of pyridine rings is 1. The highest BCUT2D eigenvalue weighted by Gasteiger charge is 2.31. The fourth-order valence-corrected chi connectivity index (χ4v) is 2.79. The molecule has 7 heteroatoms. The van der Waals surface area contributed by atoms with Gasteiger partial charge in [-0.2, -0.15) is 13.2 Å². The second kappa shape index (κ2) is 6.59. The zero-order chi connectivity index (χ0) is 17.2. The largest absolute Gasteiger partial charge is 0.471 e. The van der Waals surface area contributed by atoms with Gasteiger partial charge in [0.15, 0.2) is 6.23 Å². The summed E-state index contributed by atoms with van der Waals surface area (Å²) < 4.78 is 44.2. The number of ether oxygens (including phenoxy) is 1. The molecule has 2 aromatic rings. The summed E-state index contributed by atoms with van der Waals surface area (Å²) in [6.45, 7) is 0.602. The van der Waals surface area contributed by atoms with Crippen molar-refractivity contribution >= 4 is 5.69 Å². The molecule has 1 saturated heterocycles. The van der Waals surface area contributed by atoms with E-state index in [1.807, 2.05) is 0 Å². The molecule has 4 nitrogen and oxygen atoms in total. The van der Waals surface area contributed by atoms with Gasteiger partial charge in [-0.3, -0.25) is 10.1 Å². The van der Waals surface area contributed by atoms with Crippen LogP contribution in [0.5, 0.6) is 11.5 Å². The van der Waals surface area contributed by atoms with Gasteiger partial charge in [0.25, 0.3) is 0 Å². The maximum atomic E-state index is 12.8. The van der Waals surface area contributed by atoms with E-state index >= 15 is 0 Å². The summed E-state index contributed by atoms with van der Waals surface area (Å²) in [6.07, 6.45) is 0.376. The number of benzene rings is 1. The standard InChI is InChI=1S/C17H16F3N2O2/c18-17(19,20)12-4-3-5-13(10-12)24-16-6-1-2-9-22(16)14-11-21-8-7-15(14)23/h3-5,7-8,10-11,16H,1-2,6,9H2. The minimum atomic E-state index is -4.42. The average Bonchev–Trinajstić information content (AvgIpc) is 2.56. The first-order chi connectivity index (χ1) is 11.4. The van der Waals surface area contributed by atoms with Crippen molar-refractivity contribution < 1.29 is 23.0 Å². The van der Waals surface area contributed by atoms with E-state index in [-0.39, 0.29) is 11.5 Å². The third kappa shape index (κ3) is 3.55. The topological polar surface area (TPSA) is 45.3 Å². The number of hydrogen-bond donors (Lipinski definition) is 0. The Morgan fingerprint density at radius 2 is 2.04 bits per heavy atom. The predicted molar refractivity (Wildman–Crippen MR) is 81.4 cm³/mol. The van der Waals surface area contributed by atoms with Crippen LogP contribution in [0.2, 0.25) is 0 Å². The van der Waals surface area contributed by atoms with Crippen molar-refractivity contribution in [3.63, 3.8) is 0 Å². The van der Waals surface area contributed by atoms with E-state index in [4.69, 9.17) is 4.74 Å². The molecule has 2 heterocycles. The van der Waals surface area contributed by atoms with Gasteiger partial charge in [-0.25, -0.2) is 0 Å². The Labute approximate surface area is 137 Å². The number of nitrogens with zero attached hydrogens (tertiary/aromatic N) is 2. The molecule has 0 spiro atoms. The molecule has 1 atom stereocenters. The fraction of sp³-hybridized carbons (Fsp3) is 0.353. The molecule has 0 amide bonds. The Kier molecular flexibility index (Phi) is 4.51. The highest BCUT2D eigenvalue weighted by atomic mass is 19.4. The maximum Gasteiger partial charge on any atom is 0.416 e. The van der Waals surface area contributed by atoms with Gasteiger partial charge in [0.1, 0.15) is 11.4 Å². The Balaban J connectivity index is 1.84. The van der Waals surface area contributed by atoms with Crippen molar-refractivity contribution in [3.05, 3.63) is 48.3 Å². The van der Waals surface area contributed by atoms with Gasteiger partial charge in [0, 0.05) is 25.2 Å². The van der Waals surface area contributed by atoms with Crippen LogP contribution in [0.4, 0.5) is 18.9 Å². The van der Waals surface area contributed by atoms with Crippen LogP contribution in [0.1, 0.15) is 24.8 Å². The number of hydrogen-bond acceptors (Lipinski definition) is 3. The zero-order valence-corrected chi connectivity index (χ0v) is 12.8. The van der Waals surface area contributed by atoms with Gasteiger partial charge >= 0.3 is 6.18 Å². The van der Waals surface area contributed by atoms with E-state index in [1.165, 1.54) is 30.6 Å². The van der Waals surface area contributed by atoms with Crippen LogP contribution in [0.25, 0.3) is 0 Å². The molecule has 3 rings (SSSR count). The lowest BCUT2D eigenvalue weighted by Gasteiger charge is -2.37. The van der Waals surface area contributed by atoms with Crippen LogP contribution in [0.3, 0.4) is 0 Å². The van der Waals surface area contributed by atoms with E-state index in [9.17, 15) is 18.3 Å². The molecule has 1 radical (unpaired) electrons. The first-order valence-electron chi connectivity index (χ1n) is 7.67. The van der Waals surface area contributed by atoms with Gasteiger partial charge in [0.2, 0.25) is 5.75 Å². The molecule has 0 bridgehead atoms. The molecular formula is C17H16F3N2O2. The third-order valence-corrected chi connectivity index (χ3v) is 3.95. The van der Waals surface area contributed by atoms with Crippen LogP contribution < -0.4 is 9.64 Å². The summed E-state index contributed by atoms with van der Waals surface area (Å²) in [5.74, 6) is -0.0393. The Bertz CT molecular complexity index is 706. The number of halogens is 3. The molecule has 24 heavy (non-hydrogen) atoms. The minimum Gasteiger partial charge on any atom is -0.471 e. The molecule has 1 aromatic carbocycles. The fourth-order valence-electron chi connectivity index (χ4n) is 2.79. The first-order valence-corrected chi connectivity index (χ1v) is 7.67. The number of aromatic nitrogens is 1. The van der Waals surface area contributed by atoms with Crippen molar-refractivity contribution in [2.75, 3.05) is 11.4 Å². The second-order valence-corrected chi connectivity index (χ2v) is 5.63. The molecule has 0 aliphatic carbocycles. The van der Waals surface area contributed by atoms with Crippen LogP contribution in [0.15, 0.2) is 42.7 Å². The highest BCUT2D eigenvalue weighted by molar-refractivity contribution is 5.56. The van der Waals surface area contributed by atoms with E-state index in [0.717, 1.165) is 25.0 Å². The van der Waals surface area contributed by atoms with Crippen LogP contribution in [-0.2, 0) is 11.3 Å². The first kappa shape index (κ1) is 16.4. The molecule has 1 aliphatic rings. The molecule has 0 N–H and O–H groups in total. The molecule has 1 fully saturated rings. The van der Waals surface area contributed by atoms with Crippen molar-refractivity contribution in [1.82, 2.24) is 4.98 Å². The van der Waals surface area contributed by atoms with Crippen molar-refractivity contribution in [2.45, 2.75) is 31.7 Å². The lowest BCUT2D eigenvalue weighted by atomic mass is 10.1. The number of piperidine rings is 1. The van der Waals surface area contributed by atoms with Gasteiger partial charge < -0.3 is 9.64 Å². The molecule has 0 saturated carbocycles. The molecule has 1 aromatic heterocycles. The lowest BCUT2D eigenvalue weighted by Crippen LogP contribution is -2.43. The minimum absolute atomic E-state index is 0.137. The maximum absolute atomic E-state index is 12.8. The monoisotopic (exact) mass is 337 g/mol. The Morgan fingerprint density at radius 3 is 2.79 bits per heavy atom. The SMILES string of the molecule is [O]c1ccncc1N1CCCCC1Oc1cccc(C(F)(F)F)c1. The summed E-state index contributed by atoms with van der Waals surface area (Å²) in [7, 11) is 0. The smallest absolute Gasteiger partial charge is 0.416 e. The molecule has 1 aliphatic heterocycles. The predicted octanol–water partition coefficient (Wildman–Crippen LogP) is 4.64. The molecular weight excluding hydrogens is 321 g/mol. The number of anilines is 1. The van der Waals surface area contributed by atoms with Crippen molar-refractivity contribution in [2.24, 2.45) is 0 Å². The van der Waals surface area contributed by atoms with Crippen LogP contribution in [0, 0.1) is 0 Å². The Morgan fingerprint density at radius 1 is 1.21 bits per heavy atom. The quantitative estimate of drug-likeness (QED) is 0.820. The summed E-state index contributed by atoms with van der Waals surface area (Å²) >= 11 is 0. The van der Waals surface area contributed by atoms with Gasteiger partial charge in [-0.1, -0.05) is 6.07 Å². The average molecular weight is 337 g/mol. The van der Waals surface area contributed by atoms with Gasteiger partial charge in [0.05, 0.1) is 11.8 Å². The van der Waals surface area contributed by atoms with Crippen LogP contribution >= 0.6 is 0 Å². The molecule has 127 valence electrons. The zero-order valence-electron chi connectivity index (χ0n) is 12.8. The lowest BCUT2D eigenvalue weighted by molar-refractivity contribution is -0.137. The normalized spacial score (nSPS) is 18.5.